The standard InChI is InChI=1S/C21H13BrClF3IN3O3/c22-16-7-13(8-17(23)20(16)33-11-12-1-4-15(27)5-2-12)10-28-29-18-6-3-14(21(24,25)26)9-19(18)30(31)32/h1-10,29H,11H2/b28-10-. The summed E-state index contributed by atoms with van der Waals surface area (Å²) in [5, 5.41) is 15.3. The number of nitro groups is 1. The number of benzene rings is 3. The molecule has 0 aliphatic carbocycles. The summed E-state index contributed by atoms with van der Waals surface area (Å²) in [6.07, 6.45) is -3.38. The second-order valence-corrected chi connectivity index (χ2v) is 9.09. The molecule has 0 saturated carbocycles. The number of nitrogens with zero attached hydrogens (tertiary/aromatic N) is 2. The summed E-state index contributed by atoms with van der Waals surface area (Å²) in [4.78, 5) is 10.2. The van der Waals surface area contributed by atoms with Gasteiger partial charge in [0.2, 0.25) is 0 Å². The van der Waals surface area contributed by atoms with E-state index < -0.39 is 22.4 Å². The second-order valence-electron chi connectivity index (χ2n) is 6.59. The summed E-state index contributed by atoms with van der Waals surface area (Å²) in [6, 6.07) is 13.2. The Bertz CT molecular complexity index is 1180. The van der Waals surface area contributed by atoms with Gasteiger partial charge in [0, 0.05) is 9.64 Å². The molecule has 172 valence electrons. The second kappa shape index (κ2) is 10.7. The van der Waals surface area contributed by atoms with E-state index in [1.807, 2.05) is 24.3 Å². The number of anilines is 1. The fourth-order valence-corrected chi connectivity index (χ4v) is 4.01. The van der Waals surface area contributed by atoms with Gasteiger partial charge in [0.25, 0.3) is 5.69 Å². The number of hydrazone groups is 1. The number of ether oxygens (including phenoxy) is 1. The average molecular weight is 655 g/mol. The monoisotopic (exact) mass is 653 g/mol. The third-order valence-corrected chi connectivity index (χ3v) is 5.83. The van der Waals surface area contributed by atoms with E-state index in [0.717, 1.165) is 21.3 Å². The van der Waals surface area contributed by atoms with Crippen LogP contribution in [-0.4, -0.2) is 11.1 Å². The molecule has 0 aromatic heterocycles. The van der Waals surface area contributed by atoms with E-state index in [4.69, 9.17) is 16.3 Å². The first-order chi connectivity index (χ1) is 15.5. The SMILES string of the molecule is O=[N+]([O-])c1cc(C(F)(F)F)ccc1N/N=C\c1cc(Cl)c(OCc2ccc(I)cc2)c(Br)c1. The minimum Gasteiger partial charge on any atom is -0.486 e. The molecule has 0 unspecified atom stereocenters. The van der Waals surface area contributed by atoms with Crippen molar-refractivity contribution in [3.8, 4) is 5.75 Å². The van der Waals surface area contributed by atoms with Gasteiger partial charge in [0.05, 0.1) is 26.2 Å². The third-order valence-electron chi connectivity index (χ3n) is 4.24. The lowest BCUT2D eigenvalue weighted by molar-refractivity contribution is -0.384. The highest BCUT2D eigenvalue weighted by molar-refractivity contribution is 14.1. The average Bonchev–Trinajstić information content (AvgIpc) is 2.73. The van der Waals surface area contributed by atoms with Crippen molar-refractivity contribution in [1.82, 2.24) is 0 Å². The number of nitrogens with one attached hydrogen (secondary N) is 1. The van der Waals surface area contributed by atoms with Crippen molar-refractivity contribution in [2.45, 2.75) is 12.8 Å². The molecule has 12 heteroatoms. The first-order valence-electron chi connectivity index (χ1n) is 9.05. The zero-order chi connectivity index (χ0) is 24.2. The summed E-state index contributed by atoms with van der Waals surface area (Å²) in [6.45, 7) is 0.307. The highest BCUT2D eigenvalue weighted by Crippen LogP contribution is 2.36. The van der Waals surface area contributed by atoms with Gasteiger partial charge in [-0.05, 0) is 86.0 Å². The van der Waals surface area contributed by atoms with Crippen LogP contribution in [0.2, 0.25) is 5.02 Å². The van der Waals surface area contributed by atoms with Crippen LogP contribution in [0.25, 0.3) is 0 Å². The molecule has 0 saturated heterocycles. The third kappa shape index (κ3) is 6.81. The van der Waals surface area contributed by atoms with Crippen LogP contribution in [-0.2, 0) is 12.8 Å². The lowest BCUT2D eigenvalue weighted by atomic mass is 10.1. The van der Waals surface area contributed by atoms with Gasteiger partial charge in [-0.1, -0.05) is 23.7 Å². The van der Waals surface area contributed by atoms with E-state index in [1.54, 1.807) is 12.1 Å². The van der Waals surface area contributed by atoms with Crippen molar-refractivity contribution in [3.05, 3.63) is 94.5 Å². The first kappa shape index (κ1) is 25.2. The van der Waals surface area contributed by atoms with Gasteiger partial charge in [0.1, 0.15) is 12.3 Å². The molecular formula is C21H13BrClF3IN3O3. The van der Waals surface area contributed by atoms with E-state index in [9.17, 15) is 23.3 Å². The molecule has 0 radical (unpaired) electrons. The fraction of sp³-hybridized carbons (Fsp3) is 0.0952. The maximum absolute atomic E-state index is 12.8. The fourth-order valence-electron chi connectivity index (χ4n) is 2.66. The van der Waals surface area contributed by atoms with Crippen molar-refractivity contribution in [1.29, 1.82) is 0 Å². The lowest BCUT2D eigenvalue weighted by Gasteiger charge is -2.11. The molecule has 33 heavy (non-hydrogen) atoms. The molecule has 3 rings (SSSR count). The minimum atomic E-state index is -4.70. The van der Waals surface area contributed by atoms with Gasteiger partial charge in [-0.25, -0.2) is 0 Å². The van der Waals surface area contributed by atoms with E-state index in [0.29, 0.717) is 33.5 Å². The van der Waals surface area contributed by atoms with Crippen LogP contribution in [0.15, 0.2) is 64.2 Å². The largest absolute Gasteiger partial charge is 0.486 e. The molecule has 1 N–H and O–H groups in total. The van der Waals surface area contributed by atoms with Crippen LogP contribution < -0.4 is 10.2 Å². The van der Waals surface area contributed by atoms with Crippen molar-refractivity contribution < 1.29 is 22.8 Å². The van der Waals surface area contributed by atoms with Crippen LogP contribution in [0.5, 0.6) is 5.75 Å². The van der Waals surface area contributed by atoms with Crippen LogP contribution in [0.3, 0.4) is 0 Å². The predicted molar refractivity (Wildman–Crippen MR) is 132 cm³/mol. The Kier molecular flexibility index (Phi) is 8.19. The van der Waals surface area contributed by atoms with Gasteiger partial charge in [0.15, 0.2) is 5.75 Å². The number of alkyl halides is 3. The first-order valence-corrected chi connectivity index (χ1v) is 11.3. The zero-order valence-corrected chi connectivity index (χ0v) is 20.9. The van der Waals surface area contributed by atoms with Crippen LogP contribution in [0.4, 0.5) is 24.5 Å². The summed E-state index contributed by atoms with van der Waals surface area (Å²) < 4.78 is 45.9. The van der Waals surface area contributed by atoms with Crippen LogP contribution in [0, 0.1) is 13.7 Å². The molecular weight excluding hydrogens is 642 g/mol. The Morgan fingerprint density at radius 2 is 1.88 bits per heavy atom. The molecule has 6 nitrogen and oxygen atoms in total. The highest BCUT2D eigenvalue weighted by Gasteiger charge is 2.33. The molecule has 0 aliphatic heterocycles. The Balaban J connectivity index is 1.73. The van der Waals surface area contributed by atoms with Gasteiger partial charge in [-0.2, -0.15) is 18.3 Å². The molecule has 0 amide bonds. The Labute approximate surface area is 213 Å². The number of halogens is 6. The predicted octanol–water partition coefficient (Wildman–Crippen LogP) is 7.66. The van der Waals surface area contributed by atoms with Crippen molar-refractivity contribution in [3.63, 3.8) is 0 Å². The minimum absolute atomic E-state index is 0.188. The molecule has 0 fully saturated rings. The molecule has 0 atom stereocenters. The number of nitro benzene ring substituents is 1. The molecule has 0 spiro atoms. The zero-order valence-electron chi connectivity index (χ0n) is 16.4. The summed E-state index contributed by atoms with van der Waals surface area (Å²) >= 11 is 11.9. The highest BCUT2D eigenvalue weighted by atomic mass is 127. The lowest BCUT2D eigenvalue weighted by Crippen LogP contribution is -2.06. The van der Waals surface area contributed by atoms with E-state index in [2.05, 4.69) is 49.0 Å². The summed E-state index contributed by atoms with van der Waals surface area (Å²) in [7, 11) is 0. The van der Waals surface area contributed by atoms with Gasteiger partial charge in [-0.15, -0.1) is 0 Å². The van der Waals surface area contributed by atoms with Crippen molar-refractivity contribution >= 4 is 67.7 Å². The summed E-state index contributed by atoms with van der Waals surface area (Å²) in [5.41, 5.74) is 1.82. The normalized spacial score (nSPS) is 11.6. The quantitative estimate of drug-likeness (QED) is 0.123. The Morgan fingerprint density at radius 3 is 2.48 bits per heavy atom. The maximum atomic E-state index is 12.8. The smallest absolute Gasteiger partial charge is 0.416 e. The molecule has 3 aromatic rings. The van der Waals surface area contributed by atoms with E-state index >= 15 is 0 Å². The molecule has 0 aliphatic rings. The summed E-state index contributed by atoms with van der Waals surface area (Å²) in [5.74, 6) is 0.429. The van der Waals surface area contributed by atoms with Crippen molar-refractivity contribution in [2.24, 2.45) is 5.10 Å². The Hall–Kier alpha value is -2.38. The number of hydrogen-bond acceptors (Lipinski definition) is 5. The van der Waals surface area contributed by atoms with E-state index in [1.165, 1.54) is 6.21 Å². The maximum Gasteiger partial charge on any atom is 0.416 e. The van der Waals surface area contributed by atoms with Crippen LogP contribution >= 0.6 is 50.1 Å². The Morgan fingerprint density at radius 1 is 1.18 bits per heavy atom. The van der Waals surface area contributed by atoms with E-state index in [-0.39, 0.29) is 5.69 Å². The molecule has 0 heterocycles. The van der Waals surface area contributed by atoms with Gasteiger partial charge >= 0.3 is 6.18 Å². The number of hydrogen-bond donors (Lipinski definition) is 1. The van der Waals surface area contributed by atoms with Crippen molar-refractivity contribution in [2.75, 3.05) is 5.43 Å². The van der Waals surface area contributed by atoms with Gasteiger partial charge < -0.3 is 4.74 Å². The topological polar surface area (TPSA) is 76.8 Å². The molecule has 3 aromatic carbocycles. The number of rotatable bonds is 7. The van der Waals surface area contributed by atoms with Gasteiger partial charge in [-0.3, -0.25) is 15.5 Å². The molecule has 0 bridgehead atoms. The van der Waals surface area contributed by atoms with Crippen LogP contribution in [0.1, 0.15) is 16.7 Å².